The van der Waals surface area contributed by atoms with Gasteiger partial charge in [-0.1, -0.05) is 0 Å². The van der Waals surface area contributed by atoms with E-state index in [1.165, 1.54) is 11.4 Å². The van der Waals surface area contributed by atoms with Crippen LogP contribution in [0.25, 0.3) is 0 Å². The molecule has 0 amide bonds. The molecule has 2 fully saturated rings. The van der Waals surface area contributed by atoms with Crippen LogP contribution in [0.2, 0.25) is 0 Å². The zero-order chi connectivity index (χ0) is 10.9. The maximum Gasteiger partial charge on any atom is 0.279 e. The van der Waals surface area contributed by atoms with Crippen LogP contribution in [-0.2, 0) is 10.2 Å². The first kappa shape index (κ1) is 11.3. The summed E-state index contributed by atoms with van der Waals surface area (Å²) in [4.78, 5) is 2.36. The average molecular weight is 234 g/mol. The minimum atomic E-state index is -3.22. The zero-order valence-corrected chi connectivity index (χ0v) is 9.76. The van der Waals surface area contributed by atoms with Gasteiger partial charge in [-0.15, -0.1) is 0 Å². The van der Waals surface area contributed by atoms with Crippen molar-refractivity contribution in [1.82, 2.24) is 19.2 Å². The zero-order valence-electron chi connectivity index (χ0n) is 8.94. The van der Waals surface area contributed by atoms with Gasteiger partial charge in [-0.05, 0) is 0 Å². The van der Waals surface area contributed by atoms with Gasteiger partial charge in [0.05, 0.1) is 0 Å². The third kappa shape index (κ3) is 2.31. The highest BCUT2D eigenvalue weighted by Crippen LogP contribution is 2.11. The Morgan fingerprint density at radius 1 is 1.20 bits per heavy atom. The molecule has 0 radical (unpaired) electrons. The molecule has 88 valence electrons. The number of rotatable bonds is 3. The normalized spacial score (nSPS) is 26.5. The second-order valence-electron chi connectivity index (χ2n) is 3.96. The summed E-state index contributed by atoms with van der Waals surface area (Å²) in [7, 11) is -1.76. The van der Waals surface area contributed by atoms with Gasteiger partial charge in [0.25, 0.3) is 10.2 Å². The smallest absolute Gasteiger partial charge is 0.279 e. The molecule has 0 aromatic rings. The Labute approximate surface area is 90.8 Å². The van der Waals surface area contributed by atoms with Crippen LogP contribution in [0.5, 0.6) is 0 Å². The SMILES string of the molecule is CNS(=O)(=O)N1CCN(C2CNC2)CC1. The molecule has 2 N–H and O–H groups in total. The Hall–Kier alpha value is -0.210. The van der Waals surface area contributed by atoms with Crippen molar-refractivity contribution >= 4 is 10.2 Å². The lowest BCUT2D eigenvalue weighted by atomic mass is 10.1. The number of piperazine rings is 1. The fourth-order valence-corrected chi connectivity index (χ4v) is 2.87. The van der Waals surface area contributed by atoms with Crippen LogP contribution in [-0.4, -0.2) is 70.0 Å². The lowest BCUT2D eigenvalue weighted by Gasteiger charge is -2.42. The molecule has 15 heavy (non-hydrogen) atoms. The Morgan fingerprint density at radius 2 is 1.80 bits per heavy atom. The number of hydrogen-bond donors (Lipinski definition) is 2. The summed E-state index contributed by atoms with van der Waals surface area (Å²) in [5, 5.41) is 3.23. The van der Waals surface area contributed by atoms with Crippen molar-refractivity contribution in [3.05, 3.63) is 0 Å². The van der Waals surface area contributed by atoms with Gasteiger partial charge >= 0.3 is 0 Å². The lowest BCUT2D eigenvalue weighted by molar-refractivity contribution is 0.103. The molecule has 0 aromatic heterocycles. The van der Waals surface area contributed by atoms with E-state index in [9.17, 15) is 8.42 Å². The first-order valence-electron chi connectivity index (χ1n) is 5.27. The van der Waals surface area contributed by atoms with Crippen LogP contribution in [0.3, 0.4) is 0 Å². The van der Waals surface area contributed by atoms with Crippen LogP contribution in [0, 0.1) is 0 Å². The molecule has 2 aliphatic heterocycles. The summed E-state index contributed by atoms with van der Waals surface area (Å²) in [5.74, 6) is 0. The molecule has 7 heteroatoms. The van der Waals surface area contributed by atoms with Crippen molar-refractivity contribution in [2.24, 2.45) is 0 Å². The predicted molar refractivity (Wildman–Crippen MR) is 57.8 cm³/mol. The van der Waals surface area contributed by atoms with E-state index < -0.39 is 10.2 Å². The van der Waals surface area contributed by atoms with Crippen LogP contribution in [0.1, 0.15) is 0 Å². The molecule has 0 atom stereocenters. The first-order chi connectivity index (χ1) is 7.13. The lowest BCUT2D eigenvalue weighted by Crippen LogP contribution is -2.62. The molecule has 2 heterocycles. The number of nitrogens with one attached hydrogen (secondary N) is 2. The van der Waals surface area contributed by atoms with Gasteiger partial charge in [-0.25, -0.2) is 4.72 Å². The van der Waals surface area contributed by atoms with Crippen LogP contribution >= 0.6 is 0 Å². The van der Waals surface area contributed by atoms with Crippen molar-refractivity contribution < 1.29 is 8.42 Å². The summed E-state index contributed by atoms with van der Waals surface area (Å²) in [6.45, 7) is 4.96. The fourth-order valence-electron chi connectivity index (χ4n) is 1.97. The van der Waals surface area contributed by atoms with Gasteiger partial charge in [0.1, 0.15) is 0 Å². The molecule has 2 saturated heterocycles. The van der Waals surface area contributed by atoms with Gasteiger partial charge in [0.2, 0.25) is 0 Å². The topological polar surface area (TPSA) is 64.7 Å². The quantitative estimate of drug-likeness (QED) is 0.595. The summed E-state index contributed by atoms with van der Waals surface area (Å²) in [5.41, 5.74) is 0. The van der Waals surface area contributed by atoms with Crippen molar-refractivity contribution in [2.45, 2.75) is 6.04 Å². The molecule has 6 nitrogen and oxygen atoms in total. The first-order valence-corrected chi connectivity index (χ1v) is 6.71. The van der Waals surface area contributed by atoms with Gasteiger partial charge in [-0.2, -0.15) is 12.7 Å². The molecular weight excluding hydrogens is 216 g/mol. The Morgan fingerprint density at radius 3 is 2.20 bits per heavy atom. The largest absolute Gasteiger partial charge is 0.314 e. The van der Waals surface area contributed by atoms with E-state index in [0.29, 0.717) is 19.1 Å². The standard InChI is InChI=1S/C8H18N4O2S/c1-9-15(13,14)12-4-2-11(3-5-12)8-6-10-7-8/h8-10H,2-7H2,1H3. The second kappa shape index (κ2) is 4.34. The van der Waals surface area contributed by atoms with E-state index in [0.717, 1.165) is 26.2 Å². The predicted octanol–water partition coefficient (Wildman–Crippen LogP) is -1.96. The van der Waals surface area contributed by atoms with Gasteiger partial charge < -0.3 is 5.32 Å². The van der Waals surface area contributed by atoms with E-state index in [4.69, 9.17) is 0 Å². The maximum atomic E-state index is 11.5. The molecule has 2 rings (SSSR count). The van der Waals surface area contributed by atoms with Crippen LogP contribution in [0.4, 0.5) is 0 Å². The van der Waals surface area contributed by atoms with E-state index in [2.05, 4.69) is 14.9 Å². The van der Waals surface area contributed by atoms with Crippen LogP contribution in [0.15, 0.2) is 0 Å². The average Bonchev–Trinajstić information content (AvgIpc) is 2.16. The Bertz CT molecular complexity index is 307. The summed E-state index contributed by atoms with van der Waals surface area (Å²) < 4.78 is 26.9. The molecule has 2 aliphatic rings. The van der Waals surface area contributed by atoms with E-state index in [1.54, 1.807) is 0 Å². The van der Waals surface area contributed by atoms with Crippen molar-refractivity contribution in [3.8, 4) is 0 Å². The summed E-state index contributed by atoms with van der Waals surface area (Å²) in [6.07, 6.45) is 0. The molecule has 0 saturated carbocycles. The summed E-state index contributed by atoms with van der Waals surface area (Å²) >= 11 is 0. The second-order valence-corrected chi connectivity index (χ2v) is 5.83. The maximum absolute atomic E-state index is 11.5. The van der Waals surface area contributed by atoms with Crippen molar-refractivity contribution in [1.29, 1.82) is 0 Å². The highest BCUT2D eigenvalue weighted by Gasteiger charge is 2.31. The van der Waals surface area contributed by atoms with E-state index in [1.807, 2.05) is 0 Å². The molecular formula is C8H18N4O2S. The number of nitrogens with zero attached hydrogens (tertiary/aromatic N) is 2. The third-order valence-electron chi connectivity index (χ3n) is 3.15. The molecule has 0 bridgehead atoms. The Kier molecular flexibility index (Phi) is 3.27. The van der Waals surface area contributed by atoms with Gasteiger partial charge in [0, 0.05) is 52.4 Å². The Balaban J connectivity index is 1.86. The minimum absolute atomic E-state index is 0.597. The molecule has 0 unspecified atom stereocenters. The van der Waals surface area contributed by atoms with Crippen molar-refractivity contribution in [3.63, 3.8) is 0 Å². The fraction of sp³-hybridized carbons (Fsp3) is 1.00. The van der Waals surface area contributed by atoms with Crippen LogP contribution < -0.4 is 10.0 Å². The van der Waals surface area contributed by atoms with Crippen molar-refractivity contribution in [2.75, 3.05) is 46.3 Å². The van der Waals surface area contributed by atoms with Gasteiger partial charge in [-0.3, -0.25) is 4.90 Å². The third-order valence-corrected chi connectivity index (χ3v) is 4.71. The van der Waals surface area contributed by atoms with E-state index >= 15 is 0 Å². The highest BCUT2D eigenvalue weighted by atomic mass is 32.2. The summed E-state index contributed by atoms with van der Waals surface area (Å²) in [6, 6.07) is 0.615. The minimum Gasteiger partial charge on any atom is -0.314 e. The highest BCUT2D eigenvalue weighted by molar-refractivity contribution is 7.87. The monoisotopic (exact) mass is 234 g/mol. The molecule has 0 aliphatic carbocycles. The molecule has 0 spiro atoms. The van der Waals surface area contributed by atoms with E-state index in [-0.39, 0.29) is 0 Å². The number of hydrogen-bond acceptors (Lipinski definition) is 4. The molecule has 0 aromatic carbocycles. The van der Waals surface area contributed by atoms with Gasteiger partial charge in [0.15, 0.2) is 0 Å².